The quantitative estimate of drug-likeness (QED) is 0.187. The zero-order chi connectivity index (χ0) is 42.1. The number of aliphatic hydroxyl groups is 1. The highest BCUT2D eigenvalue weighted by atomic mass is 35.5. The number of epoxide rings is 1. The van der Waals surface area contributed by atoms with Crippen molar-refractivity contribution in [2.24, 2.45) is 5.92 Å². The van der Waals surface area contributed by atoms with Gasteiger partial charge in [0.1, 0.15) is 40.7 Å². The van der Waals surface area contributed by atoms with Crippen LogP contribution in [0.4, 0.5) is 10.5 Å². The van der Waals surface area contributed by atoms with Crippen LogP contribution >= 0.6 is 47.2 Å². The number of halogens is 4. The van der Waals surface area contributed by atoms with Crippen LogP contribution in [-0.4, -0.2) is 141 Å². The number of rotatable bonds is 9. The molecule has 4 rings (SSSR count). The molecule has 18 heteroatoms. The monoisotopic (exact) mass is 882 g/mol. The molecule has 322 valence electrons. The van der Waals surface area contributed by atoms with E-state index in [2.05, 4.69) is 10.2 Å². The summed E-state index contributed by atoms with van der Waals surface area (Å²) in [5.74, 6) is -0.257. The highest BCUT2D eigenvalue weighted by Crippen LogP contribution is 2.49. The number of methoxy groups -OCH3 is 2. The molecule has 3 aliphatic rings. The van der Waals surface area contributed by atoms with Gasteiger partial charge in [-0.2, -0.15) is 0 Å². The number of alkyl carbamates (subject to hydrolysis) is 1. The lowest BCUT2D eigenvalue weighted by Crippen LogP contribution is -2.63. The van der Waals surface area contributed by atoms with Gasteiger partial charge in [-0.25, -0.2) is 9.59 Å². The number of nitrogens with zero attached hydrogens (tertiary/aromatic N) is 3. The van der Waals surface area contributed by atoms with E-state index in [4.69, 9.17) is 58.5 Å². The number of anilines is 1. The normalized spacial score (nSPS) is 29.4. The summed E-state index contributed by atoms with van der Waals surface area (Å²) in [5, 5.41) is 14.4. The second-order valence-electron chi connectivity index (χ2n) is 14.7. The van der Waals surface area contributed by atoms with Gasteiger partial charge in [-0.3, -0.25) is 14.9 Å². The second-order valence-corrected chi connectivity index (χ2v) is 15.8. The van der Waals surface area contributed by atoms with Gasteiger partial charge < -0.3 is 43.5 Å². The highest BCUT2D eigenvalue weighted by Gasteiger charge is 2.64. The van der Waals surface area contributed by atoms with Gasteiger partial charge in [0.25, 0.3) is 0 Å². The number of likely N-dealkylation sites (N-methyl/N-ethyl adjacent to an activating group) is 1. The Hall–Kier alpha value is -2.82. The SMILES string of the molecule is CN(CCCl)CCCl.COc1cc2cc(c1Cl)N(C)C(=O)C[C@H](OC(=O)[C@H](C)N(C)C(C)=O)[C@]1(C)O[C@H]1[C@H](C)[C@@H]1C[C@@](O)(NC(=O)O1)[C@H](OC)/C=C\C=C(\C)C2.Cl. The van der Waals surface area contributed by atoms with Gasteiger partial charge in [-0.15, -0.1) is 35.6 Å². The number of benzene rings is 1. The van der Waals surface area contributed by atoms with E-state index >= 15 is 0 Å². The number of ether oxygens (including phenoxy) is 5. The number of allylic oxidation sites excluding steroid dienone is 3. The molecule has 2 fully saturated rings. The van der Waals surface area contributed by atoms with Crippen molar-refractivity contribution in [2.75, 3.05) is 65.1 Å². The van der Waals surface area contributed by atoms with Crippen molar-refractivity contribution >= 4 is 76.8 Å². The Bertz CT molecular complexity index is 1630. The minimum absolute atomic E-state index is 0. The van der Waals surface area contributed by atoms with E-state index in [1.807, 2.05) is 20.0 Å². The maximum Gasteiger partial charge on any atom is 0.409 e. The summed E-state index contributed by atoms with van der Waals surface area (Å²) >= 11 is 17.6. The number of carbonyl (C=O) groups is 4. The molecular formula is C39H58Cl4N4O10. The Labute approximate surface area is 357 Å². The molecule has 2 N–H and O–H groups in total. The first-order valence-electron chi connectivity index (χ1n) is 18.4. The zero-order valence-corrected chi connectivity index (χ0v) is 37.4. The molecule has 4 bridgehead atoms. The molecule has 0 spiro atoms. The van der Waals surface area contributed by atoms with Gasteiger partial charge in [-0.1, -0.05) is 42.3 Å². The van der Waals surface area contributed by atoms with Crippen molar-refractivity contribution < 1.29 is 48.0 Å². The van der Waals surface area contributed by atoms with Crippen LogP contribution < -0.4 is 15.0 Å². The van der Waals surface area contributed by atoms with E-state index in [-0.39, 0.29) is 36.2 Å². The summed E-state index contributed by atoms with van der Waals surface area (Å²) in [7, 11) is 7.97. The summed E-state index contributed by atoms with van der Waals surface area (Å²) < 4.78 is 28.9. The molecule has 8 atom stereocenters. The van der Waals surface area contributed by atoms with Crippen molar-refractivity contribution in [1.82, 2.24) is 15.1 Å². The lowest BCUT2D eigenvalue weighted by Gasteiger charge is -2.42. The van der Waals surface area contributed by atoms with Crippen molar-refractivity contribution in [3.8, 4) is 5.75 Å². The number of hydrogen-bond acceptors (Lipinski definition) is 11. The number of alkyl halides is 2. The lowest BCUT2D eigenvalue weighted by molar-refractivity contribution is -0.161. The van der Waals surface area contributed by atoms with Gasteiger partial charge in [0.2, 0.25) is 11.8 Å². The number of hydrogen-bond donors (Lipinski definition) is 2. The highest BCUT2D eigenvalue weighted by molar-refractivity contribution is 6.35. The maximum absolute atomic E-state index is 14.0. The predicted molar refractivity (Wildman–Crippen MR) is 223 cm³/mol. The Morgan fingerprint density at radius 2 is 1.79 bits per heavy atom. The third-order valence-electron chi connectivity index (χ3n) is 10.6. The number of carbonyl (C=O) groups excluding carboxylic acids is 4. The third-order valence-corrected chi connectivity index (χ3v) is 11.3. The molecule has 57 heavy (non-hydrogen) atoms. The lowest BCUT2D eigenvalue weighted by atomic mass is 9.83. The Morgan fingerprint density at radius 3 is 2.35 bits per heavy atom. The second kappa shape index (κ2) is 22.0. The minimum atomic E-state index is -1.81. The molecule has 2 saturated heterocycles. The van der Waals surface area contributed by atoms with Crippen molar-refractivity contribution in [3.63, 3.8) is 0 Å². The summed E-state index contributed by atoms with van der Waals surface area (Å²) in [4.78, 5) is 56.8. The number of amides is 3. The fraction of sp³-hybridized carbons (Fsp3) is 0.641. The van der Waals surface area contributed by atoms with Gasteiger partial charge in [0.05, 0.1) is 25.3 Å². The van der Waals surface area contributed by atoms with Crippen molar-refractivity contribution in [3.05, 3.63) is 46.5 Å². The van der Waals surface area contributed by atoms with Gasteiger partial charge in [-0.05, 0) is 51.9 Å². The van der Waals surface area contributed by atoms with Crippen LogP contribution in [0, 0.1) is 5.92 Å². The molecule has 1 aromatic carbocycles. The molecule has 3 amide bonds. The van der Waals surface area contributed by atoms with Crippen molar-refractivity contribution in [2.45, 2.75) is 95.7 Å². The largest absolute Gasteiger partial charge is 0.495 e. The summed E-state index contributed by atoms with van der Waals surface area (Å²) in [6.07, 6.45) is 1.02. The standard InChI is InChI=1S/C34H46ClN3O10.C5H11Cl2N.ClH/c1-18-11-10-12-26(45-9)34(43)17-25(46-32(42)36-34)19(2)30-33(5,48-30)27(47-31(41)20(3)37(6)21(4)39)16-28(40)38(7)23-14-22(13-18)15-24(44-8)29(23)35;1-8(4-2-6)5-3-7;/h10-12,14-15,19-20,25-27,30,43H,13,16-17H2,1-9H3,(H,36,42);2-5H2,1H3;1H/b12-10-,18-11-;;/t19-,20+,25+,26-,27+,30+,33+,34+;;/m1../s1. The van der Waals surface area contributed by atoms with E-state index in [0.717, 1.165) is 24.2 Å². The third kappa shape index (κ3) is 12.8. The van der Waals surface area contributed by atoms with Gasteiger partial charge in [0.15, 0.2) is 5.72 Å². The smallest absolute Gasteiger partial charge is 0.409 e. The Balaban J connectivity index is 0.00000112. The van der Waals surface area contributed by atoms with Crippen LogP contribution in [0.15, 0.2) is 35.9 Å². The topological polar surface area (TPSA) is 160 Å². The molecule has 0 aliphatic carbocycles. The Kier molecular flexibility index (Phi) is 19.4. The van der Waals surface area contributed by atoms with E-state index in [0.29, 0.717) is 29.6 Å². The van der Waals surface area contributed by atoms with E-state index < -0.39 is 65.7 Å². The van der Waals surface area contributed by atoms with Crippen LogP contribution in [-0.2, 0) is 39.8 Å². The molecule has 1 aromatic rings. The fourth-order valence-electron chi connectivity index (χ4n) is 6.68. The van der Waals surface area contributed by atoms with E-state index in [1.54, 1.807) is 45.2 Å². The van der Waals surface area contributed by atoms with Crippen LogP contribution in [0.5, 0.6) is 5.75 Å². The summed E-state index contributed by atoms with van der Waals surface area (Å²) in [5.41, 5.74) is -0.871. The van der Waals surface area contributed by atoms with Crippen LogP contribution in [0.3, 0.4) is 0 Å². The predicted octanol–water partition coefficient (Wildman–Crippen LogP) is 5.35. The number of esters is 1. The maximum atomic E-state index is 14.0. The van der Waals surface area contributed by atoms with Crippen LogP contribution in [0.1, 0.15) is 53.0 Å². The fourth-order valence-corrected chi connectivity index (χ4v) is 7.57. The average Bonchev–Trinajstić information content (AvgIpc) is 3.84. The molecule has 0 aromatic heterocycles. The molecule has 3 aliphatic heterocycles. The summed E-state index contributed by atoms with van der Waals surface area (Å²) in [6, 6.07) is 2.63. The van der Waals surface area contributed by atoms with Crippen LogP contribution in [0.2, 0.25) is 5.02 Å². The first kappa shape index (κ1) is 50.3. The van der Waals surface area contributed by atoms with Crippen LogP contribution in [0.25, 0.3) is 0 Å². The molecule has 0 saturated carbocycles. The van der Waals surface area contributed by atoms with E-state index in [9.17, 15) is 24.3 Å². The average molecular weight is 885 g/mol. The molecule has 0 unspecified atom stereocenters. The first-order valence-corrected chi connectivity index (χ1v) is 19.8. The van der Waals surface area contributed by atoms with Crippen molar-refractivity contribution in [1.29, 1.82) is 0 Å². The number of fused-ring (bicyclic) bond motifs is 5. The molecule has 14 nitrogen and oxygen atoms in total. The van der Waals surface area contributed by atoms with Gasteiger partial charge in [0, 0.05) is 65.3 Å². The zero-order valence-electron chi connectivity index (χ0n) is 34.3. The molecule has 3 heterocycles. The first-order chi connectivity index (χ1) is 26.3. The molecule has 0 radical (unpaired) electrons. The Morgan fingerprint density at radius 1 is 1.16 bits per heavy atom. The van der Waals surface area contributed by atoms with E-state index in [1.165, 1.54) is 44.9 Å². The number of nitrogens with one attached hydrogen (secondary N) is 1. The van der Waals surface area contributed by atoms with Gasteiger partial charge >= 0.3 is 12.1 Å². The minimum Gasteiger partial charge on any atom is -0.495 e. The summed E-state index contributed by atoms with van der Waals surface area (Å²) in [6.45, 7) is 10.1. The molecular weight excluding hydrogens is 826 g/mol.